The van der Waals surface area contributed by atoms with Gasteiger partial charge in [-0.1, -0.05) is 62.9 Å². The number of rotatable bonds is 12. The molecule has 1 aromatic rings. The van der Waals surface area contributed by atoms with E-state index in [0.717, 1.165) is 25.7 Å². The standard InChI is InChI=1S/C16H28NO6PS/c1-3-4-5-6-10-13-25(21,22)17-16(14(2)23-24(18,19)20)15-11-8-7-9-12-15/h7-9,11-12,14,16-17H,3-6,10,13H2,1-2H3,(H2,18,19,20). The van der Waals surface area contributed by atoms with Crippen molar-refractivity contribution >= 4 is 17.8 Å². The van der Waals surface area contributed by atoms with Crippen molar-refractivity contribution in [3.05, 3.63) is 35.9 Å². The molecular weight excluding hydrogens is 365 g/mol. The summed E-state index contributed by atoms with van der Waals surface area (Å²) in [5.41, 5.74) is 0.581. The molecule has 7 nitrogen and oxygen atoms in total. The Morgan fingerprint density at radius 1 is 1.12 bits per heavy atom. The van der Waals surface area contributed by atoms with Crippen molar-refractivity contribution < 1.29 is 27.3 Å². The van der Waals surface area contributed by atoms with Crippen LogP contribution in [-0.4, -0.2) is 30.1 Å². The Bertz CT molecular complexity index is 646. The third-order valence-electron chi connectivity index (χ3n) is 3.75. The van der Waals surface area contributed by atoms with E-state index < -0.39 is 30.0 Å². The molecule has 144 valence electrons. The Labute approximate surface area is 150 Å². The Kier molecular flexibility index (Phi) is 9.27. The first-order chi connectivity index (χ1) is 11.6. The molecule has 0 saturated carbocycles. The van der Waals surface area contributed by atoms with Gasteiger partial charge < -0.3 is 9.79 Å². The van der Waals surface area contributed by atoms with E-state index in [1.54, 1.807) is 30.3 Å². The van der Waals surface area contributed by atoms with Crippen LogP contribution in [0.5, 0.6) is 0 Å². The van der Waals surface area contributed by atoms with Crippen LogP contribution in [0.2, 0.25) is 0 Å². The van der Waals surface area contributed by atoms with Gasteiger partial charge in [-0.3, -0.25) is 4.52 Å². The molecule has 0 heterocycles. The van der Waals surface area contributed by atoms with E-state index in [2.05, 4.69) is 11.6 Å². The molecular formula is C16H28NO6PS. The van der Waals surface area contributed by atoms with Crippen LogP contribution in [0.3, 0.4) is 0 Å². The van der Waals surface area contributed by atoms with Gasteiger partial charge in [0.05, 0.1) is 17.9 Å². The normalized spacial score (nSPS) is 15.0. The lowest BCUT2D eigenvalue weighted by molar-refractivity contribution is 0.121. The molecule has 0 amide bonds. The molecule has 25 heavy (non-hydrogen) atoms. The first kappa shape index (κ1) is 22.3. The molecule has 1 aromatic carbocycles. The van der Waals surface area contributed by atoms with Gasteiger partial charge in [0.2, 0.25) is 10.0 Å². The molecule has 0 aliphatic carbocycles. The Morgan fingerprint density at radius 3 is 2.28 bits per heavy atom. The predicted octanol–water partition coefficient (Wildman–Crippen LogP) is 3.12. The number of phosphoric acid groups is 1. The maximum Gasteiger partial charge on any atom is 0.469 e. The zero-order valence-corrected chi connectivity index (χ0v) is 16.4. The maximum atomic E-state index is 12.4. The lowest BCUT2D eigenvalue weighted by Crippen LogP contribution is -2.37. The van der Waals surface area contributed by atoms with Gasteiger partial charge in [0.25, 0.3) is 0 Å². The van der Waals surface area contributed by atoms with E-state index in [9.17, 15) is 13.0 Å². The number of hydrogen-bond acceptors (Lipinski definition) is 4. The summed E-state index contributed by atoms with van der Waals surface area (Å²) >= 11 is 0. The zero-order chi connectivity index (χ0) is 18.9. The van der Waals surface area contributed by atoms with Crippen molar-refractivity contribution in [3.8, 4) is 0 Å². The summed E-state index contributed by atoms with van der Waals surface area (Å²) in [5.74, 6) is -0.0251. The second-order valence-corrected chi connectivity index (χ2v) is 9.11. The number of sulfonamides is 1. The van der Waals surface area contributed by atoms with Gasteiger partial charge in [-0.05, 0) is 18.9 Å². The van der Waals surface area contributed by atoms with Crippen LogP contribution in [0, 0.1) is 0 Å². The van der Waals surface area contributed by atoms with Crippen LogP contribution in [-0.2, 0) is 19.1 Å². The van der Waals surface area contributed by atoms with Crippen molar-refractivity contribution in [1.82, 2.24) is 4.72 Å². The molecule has 0 bridgehead atoms. The molecule has 0 fully saturated rings. The second kappa shape index (κ2) is 10.4. The highest BCUT2D eigenvalue weighted by atomic mass is 32.2. The molecule has 2 atom stereocenters. The Morgan fingerprint density at radius 2 is 1.72 bits per heavy atom. The van der Waals surface area contributed by atoms with Gasteiger partial charge >= 0.3 is 7.82 Å². The highest BCUT2D eigenvalue weighted by Crippen LogP contribution is 2.40. The minimum Gasteiger partial charge on any atom is -0.303 e. The van der Waals surface area contributed by atoms with Crippen LogP contribution >= 0.6 is 7.82 Å². The lowest BCUT2D eigenvalue weighted by Gasteiger charge is -2.25. The molecule has 9 heteroatoms. The van der Waals surface area contributed by atoms with Gasteiger partial charge in [0, 0.05) is 0 Å². The van der Waals surface area contributed by atoms with E-state index in [4.69, 9.17) is 14.3 Å². The van der Waals surface area contributed by atoms with Gasteiger partial charge in [-0.15, -0.1) is 0 Å². The minimum atomic E-state index is -4.73. The number of unbranched alkanes of at least 4 members (excludes halogenated alkanes) is 4. The van der Waals surface area contributed by atoms with Gasteiger partial charge in [-0.2, -0.15) is 0 Å². The molecule has 0 saturated heterocycles. The second-order valence-electron chi connectivity index (χ2n) is 6.04. The SMILES string of the molecule is CCCCCCCS(=O)(=O)NC(c1ccccc1)C(C)OP(=O)(O)O. The molecule has 3 N–H and O–H groups in total. The number of nitrogens with one attached hydrogen (secondary N) is 1. The Hall–Kier alpha value is -0.760. The zero-order valence-electron chi connectivity index (χ0n) is 14.7. The summed E-state index contributed by atoms with van der Waals surface area (Å²) in [6, 6.07) is 7.73. The number of hydrogen-bond donors (Lipinski definition) is 3. The first-order valence-electron chi connectivity index (χ1n) is 8.43. The molecule has 2 unspecified atom stereocenters. The summed E-state index contributed by atoms with van der Waals surface area (Å²) in [5, 5.41) is 0. The predicted molar refractivity (Wildman–Crippen MR) is 97.5 cm³/mol. The molecule has 0 radical (unpaired) electrons. The molecule has 0 spiro atoms. The molecule has 0 aliphatic rings. The van der Waals surface area contributed by atoms with Crippen molar-refractivity contribution in [2.75, 3.05) is 5.75 Å². The minimum absolute atomic E-state index is 0.0251. The summed E-state index contributed by atoms with van der Waals surface area (Å²) in [6.07, 6.45) is 3.50. The van der Waals surface area contributed by atoms with E-state index >= 15 is 0 Å². The quantitative estimate of drug-likeness (QED) is 0.371. The van der Waals surface area contributed by atoms with Crippen LogP contribution in [0.4, 0.5) is 0 Å². The summed E-state index contributed by atoms with van der Waals surface area (Å²) in [7, 11) is -8.33. The van der Waals surface area contributed by atoms with E-state index in [0.29, 0.717) is 12.0 Å². The fraction of sp³-hybridized carbons (Fsp3) is 0.625. The topological polar surface area (TPSA) is 113 Å². The Balaban J connectivity index is 2.81. The van der Waals surface area contributed by atoms with Crippen molar-refractivity contribution in [3.63, 3.8) is 0 Å². The van der Waals surface area contributed by atoms with Crippen LogP contribution in [0.15, 0.2) is 30.3 Å². The van der Waals surface area contributed by atoms with Crippen molar-refractivity contribution in [2.45, 2.75) is 58.1 Å². The number of phosphoric ester groups is 1. The molecule has 1 rings (SSSR count). The van der Waals surface area contributed by atoms with Crippen LogP contribution in [0.1, 0.15) is 57.6 Å². The molecule has 0 aliphatic heterocycles. The van der Waals surface area contributed by atoms with Gasteiger partial charge in [-0.25, -0.2) is 17.7 Å². The summed E-state index contributed by atoms with van der Waals surface area (Å²) < 4.78 is 43.0. The van der Waals surface area contributed by atoms with Crippen molar-refractivity contribution in [1.29, 1.82) is 0 Å². The third-order valence-corrected chi connectivity index (χ3v) is 5.80. The highest BCUT2D eigenvalue weighted by molar-refractivity contribution is 7.89. The lowest BCUT2D eigenvalue weighted by atomic mass is 10.0. The summed E-state index contributed by atoms with van der Waals surface area (Å²) in [6.45, 7) is 3.52. The van der Waals surface area contributed by atoms with Gasteiger partial charge in [0.1, 0.15) is 0 Å². The monoisotopic (exact) mass is 393 g/mol. The largest absolute Gasteiger partial charge is 0.469 e. The van der Waals surface area contributed by atoms with E-state index in [1.807, 2.05) is 0 Å². The average Bonchev–Trinajstić information content (AvgIpc) is 2.51. The van der Waals surface area contributed by atoms with Crippen LogP contribution in [0.25, 0.3) is 0 Å². The highest BCUT2D eigenvalue weighted by Gasteiger charge is 2.30. The van der Waals surface area contributed by atoms with E-state index in [-0.39, 0.29) is 5.75 Å². The average molecular weight is 393 g/mol. The van der Waals surface area contributed by atoms with Crippen LogP contribution < -0.4 is 4.72 Å². The first-order valence-corrected chi connectivity index (χ1v) is 11.6. The third kappa shape index (κ3) is 9.49. The maximum absolute atomic E-state index is 12.4. The van der Waals surface area contributed by atoms with Gasteiger partial charge in [0.15, 0.2) is 0 Å². The smallest absolute Gasteiger partial charge is 0.303 e. The summed E-state index contributed by atoms with van der Waals surface area (Å²) in [4.78, 5) is 18.0. The van der Waals surface area contributed by atoms with Crippen molar-refractivity contribution in [2.24, 2.45) is 0 Å². The molecule has 0 aromatic heterocycles. The fourth-order valence-corrected chi connectivity index (χ4v) is 4.49. The van der Waals surface area contributed by atoms with E-state index in [1.165, 1.54) is 6.92 Å². The number of benzene rings is 1. The fourth-order valence-electron chi connectivity index (χ4n) is 2.52.